The van der Waals surface area contributed by atoms with Crippen molar-refractivity contribution in [1.29, 1.82) is 0 Å². The van der Waals surface area contributed by atoms with Crippen LogP contribution in [0.3, 0.4) is 0 Å². The van der Waals surface area contributed by atoms with Crippen LogP contribution in [-0.2, 0) is 5.41 Å². The highest BCUT2D eigenvalue weighted by atomic mass is 16.4. The van der Waals surface area contributed by atoms with Gasteiger partial charge in [-0.15, -0.1) is 0 Å². The number of hydrogen-bond donors (Lipinski definition) is 8. The number of nitrogens with zero attached hydrogens (tertiary/aromatic N) is 1. The van der Waals surface area contributed by atoms with Crippen molar-refractivity contribution in [3.05, 3.63) is 192 Å². The molecule has 0 amide bonds. The molecule has 3 aliphatic rings. The average Bonchev–Trinajstić information content (AvgIpc) is 3.83. The molecule has 0 radical (unpaired) electrons. The highest BCUT2D eigenvalue weighted by Gasteiger charge is 2.58. The van der Waals surface area contributed by atoms with E-state index in [-0.39, 0.29) is 22.3 Å². The van der Waals surface area contributed by atoms with Gasteiger partial charge >= 0.3 is 0 Å². The minimum absolute atomic E-state index is 0.166. The van der Waals surface area contributed by atoms with E-state index in [0.717, 1.165) is 57.7 Å². The summed E-state index contributed by atoms with van der Waals surface area (Å²) < 4.78 is 0. The lowest BCUT2D eigenvalue weighted by Crippen LogP contribution is -2.26. The lowest BCUT2D eigenvalue weighted by Gasteiger charge is -2.31. The van der Waals surface area contributed by atoms with Gasteiger partial charge in [-0.1, -0.05) is 127 Å². The van der Waals surface area contributed by atoms with Crippen LogP contribution < -0.4 is 4.90 Å². The van der Waals surface area contributed by atoms with E-state index in [4.69, 9.17) is 0 Å². The van der Waals surface area contributed by atoms with Crippen molar-refractivity contribution < 1.29 is 40.9 Å². The van der Waals surface area contributed by atoms with E-state index in [1.807, 2.05) is 60.7 Å². The number of fused-ring (bicyclic) bond motifs is 10. The Balaban J connectivity index is 1.08. The van der Waals surface area contributed by atoms with Crippen LogP contribution in [0.5, 0.6) is 46.0 Å². The van der Waals surface area contributed by atoms with E-state index in [9.17, 15) is 40.9 Å². The molecule has 64 heavy (non-hydrogen) atoms. The second-order valence-electron chi connectivity index (χ2n) is 16.3. The van der Waals surface area contributed by atoms with Crippen molar-refractivity contribution in [1.82, 2.24) is 0 Å². The summed E-state index contributed by atoms with van der Waals surface area (Å²) in [7, 11) is 0. The SMILES string of the molecule is Oc1c(O)c(O)c2c(c1O)-c1c(O)c(O)c(O)c(O)c1C21c2ccccc2-c2c(-c3ccc(N(c4ccc(C5=CCCC=C5)cc4)c4ccc(-c5ccccc5)cc4)cc3)cccc21. The molecule has 8 N–H and O–H groups in total. The Hall–Kier alpha value is -8.56. The molecular formula is C55H39NO8. The van der Waals surface area contributed by atoms with Gasteiger partial charge in [0.15, 0.2) is 23.0 Å². The summed E-state index contributed by atoms with van der Waals surface area (Å²) in [6.07, 6.45) is 8.69. The highest BCUT2D eigenvalue weighted by Crippen LogP contribution is 2.74. The second-order valence-corrected chi connectivity index (χ2v) is 16.3. The predicted octanol–water partition coefficient (Wildman–Crippen LogP) is 12.2. The molecule has 3 aliphatic carbocycles. The number of phenolic OH excluding ortho intramolecular Hbond substituents is 8. The van der Waals surface area contributed by atoms with Crippen molar-refractivity contribution in [2.24, 2.45) is 0 Å². The van der Waals surface area contributed by atoms with Crippen molar-refractivity contribution in [2.45, 2.75) is 18.3 Å². The Morgan fingerprint density at radius 2 is 0.828 bits per heavy atom. The van der Waals surface area contributed by atoms with Gasteiger partial charge in [-0.05, 0) is 105 Å². The smallest absolute Gasteiger partial charge is 0.204 e. The average molecular weight is 842 g/mol. The Labute approximate surface area is 367 Å². The molecule has 0 atom stereocenters. The Kier molecular flexibility index (Phi) is 8.54. The second kappa shape index (κ2) is 14.3. The molecule has 8 aromatic carbocycles. The monoisotopic (exact) mass is 841 g/mol. The number of aromatic hydroxyl groups is 8. The molecule has 9 nitrogen and oxygen atoms in total. The maximum atomic E-state index is 11.8. The van der Waals surface area contributed by atoms with Gasteiger partial charge < -0.3 is 45.8 Å². The van der Waals surface area contributed by atoms with Gasteiger partial charge in [0.25, 0.3) is 0 Å². The van der Waals surface area contributed by atoms with Gasteiger partial charge in [-0.25, -0.2) is 0 Å². The van der Waals surface area contributed by atoms with Crippen molar-refractivity contribution in [3.8, 4) is 90.5 Å². The fourth-order valence-electron chi connectivity index (χ4n) is 10.1. The zero-order chi connectivity index (χ0) is 44.0. The Morgan fingerprint density at radius 3 is 1.39 bits per heavy atom. The van der Waals surface area contributed by atoms with Crippen LogP contribution in [0.4, 0.5) is 17.1 Å². The van der Waals surface area contributed by atoms with Crippen LogP contribution in [-0.4, -0.2) is 40.9 Å². The number of phenols is 8. The lowest BCUT2D eigenvalue weighted by atomic mass is 9.69. The fraction of sp³-hybridized carbons (Fsp3) is 0.0545. The van der Waals surface area contributed by atoms with Gasteiger partial charge in [0.05, 0.1) is 5.41 Å². The molecule has 8 aromatic rings. The van der Waals surface area contributed by atoms with Crippen LogP contribution in [0.15, 0.2) is 164 Å². The van der Waals surface area contributed by atoms with E-state index >= 15 is 0 Å². The molecule has 11 rings (SSSR count). The van der Waals surface area contributed by atoms with Crippen LogP contribution in [0.25, 0.3) is 50.1 Å². The first-order chi connectivity index (χ1) is 31.1. The minimum Gasteiger partial charge on any atom is -0.504 e. The number of allylic oxidation sites excluding steroid dienone is 4. The zero-order valence-electron chi connectivity index (χ0n) is 34.0. The summed E-state index contributed by atoms with van der Waals surface area (Å²) in [4.78, 5) is 2.20. The molecular weight excluding hydrogens is 803 g/mol. The van der Waals surface area contributed by atoms with E-state index in [2.05, 4.69) is 83.8 Å². The first-order valence-corrected chi connectivity index (χ1v) is 20.9. The third kappa shape index (κ3) is 5.30. The van der Waals surface area contributed by atoms with E-state index in [1.165, 1.54) is 5.57 Å². The Morgan fingerprint density at radius 1 is 0.359 bits per heavy atom. The maximum Gasteiger partial charge on any atom is 0.204 e. The van der Waals surface area contributed by atoms with Gasteiger partial charge in [0.2, 0.25) is 23.0 Å². The van der Waals surface area contributed by atoms with Crippen molar-refractivity contribution in [3.63, 3.8) is 0 Å². The van der Waals surface area contributed by atoms with Crippen molar-refractivity contribution in [2.75, 3.05) is 4.90 Å². The molecule has 0 aromatic heterocycles. The minimum atomic E-state index is -1.79. The molecule has 0 saturated carbocycles. The van der Waals surface area contributed by atoms with Gasteiger partial charge in [-0.3, -0.25) is 0 Å². The molecule has 0 fully saturated rings. The molecule has 9 heteroatoms. The Bertz CT molecular complexity index is 3210. The van der Waals surface area contributed by atoms with E-state index < -0.39 is 51.4 Å². The van der Waals surface area contributed by atoms with E-state index in [0.29, 0.717) is 22.3 Å². The molecule has 312 valence electrons. The maximum absolute atomic E-state index is 11.8. The molecule has 0 unspecified atom stereocenters. The quantitative estimate of drug-likeness (QED) is 0.0601. The predicted molar refractivity (Wildman–Crippen MR) is 248 cm³/mol. The summed E-state index contributed by atoms with van der Waals surface area (Å²) in [5.41, 5.74) is 8.47. The van der Waals surface area contributed by atoms with E-state index in [1.54, 1.807) is 24.3 Å². The first-order valence-electron chi connectivity index (χ1n) is 20.9. The number of rotatable bonds is 6. The molecule has 0 bridgehead atoms. The summed E-state index contributed by atoms with van der Waals surface area (Å²) >= 11 is 0. The van der Waals surface area contributed by atoms with Crippen LogP contribution in [0.1, 0.15) is 40.7 Å². The van der Waals surface area contributed by atoms with Crippen LogP contribution in [0, 0.1) is 0 Å². The zero-order valence-corrected chi connectivity index (χ0v) is 34.0. The summed E-state index contributed by atoms with van der Waals surface area (Å²) in [5, 5.41) is 90.1. The van der Waals surface area contributed by atoms with Gasteiger partial charge in [-0.2, -0.15) is 0 Å². The third-order valence-corrected chi connectivity index (χ3v) is 13.0. The number of hydrogen-bond acceptors (Lipinski definition) is 9. The summed E-state index contributed by atoms with van der Waals surface area (Å²) in [6, 6.07) is 48.1. The number of benzene rings is 8. The third-order valence-electron chi connectivity index (χ3n) is 13.0. The molecule has 0 aliphatic heterocycles. The fourth-order valence-corrected chi connectivity index (χ4v) is 10.1. The first kappa shape index (κ1) is 38.4. The molecule has 0 heterocycles. The van der Waals surface area contributed by atoms with Crippen molar-refractivity contribution >= 4 is 22.6 Å². The standard InChI is InChI=1S/C55H39NO8/c57-47-43-44-46(50(60)54(64)52(62)48(44)58)55(45(43)49(59)53(63)51(47)61)40-16-8-7-14-39(40)42-38(15-9-17-41(42)55)34-22-28-37(29-23-34)56(35-24-18-32(19-25-35)30-10-3-1-4-11-30)36-26-20-33(21-27-36)31-12-5-2-6-13-31/h1,3-5,7-29,57-64H,2,6H2. The molecule has 0 saturated heterocycles. The van der Waals surface area contributed by atoms with Crippen LogP contribution >= 0.6 is 0 Å². The van der Waals surface area contributed by atoms with Gasteiger partial charge in [0.1, 0.15) is 0 Å². The number of anilines is 3. The summed E-state index contributed by atoms with van der Waals surface area (Å²) in [6.45, 7) is 0. The highest BCUT2D eigenvalue weighted by molar-refractivity contribution is 6.06. The largest absolute Gasteiger partial charge is 0.504 e. The summed E-state index contributed by atoms with van der Waals surface area (Å²) in [5.74, 6) is -7.64. The van der Waals surface area contributed by atoms with Gasteiger partial charge in [0, 0.05) is 39.3 Å². The lowest BCUT2D eigenvalue weighted by molar-refractivity contribution is 0.342. The normalized spacial score (nSPS) is 13.8. The van der Waals surface area contributed by atoms with Crippen LogP contribution in [0.2, 0.25) is 0 Å². The molecule has 1 spiro atoms. The topological polar surface area (TPSA) is 165 Å².